The molecule has 0 fully saturated rings. The summed E-state index contributed by atoms with van der Waals surface area (Å²) in [7, 11) is 0. The third-order valence-electron chi connectivity index (χ3n) is 4.17. The van der Waals surface area contributed by atoms with Crippen LogP contribution < -0.4 is 14.9 Å². The molecule has 31 heavy (non-hydrogen) atoms. The minimum absolute atomic E-state index is 0.233. The highest BCUT2D eigenvalue weighted by molar-refractivity contribution is 6.35. The molecule has 0 spiro atoms. The summed E-state index contributed by atoms with van der Waals surface area (Å²) < 4.78 is 11.2. The van der Waals surface area contributed by atoms with Crippen LogP contribution in [-0.2, 0) is 6.61 Å². The fraction of sp³-hybridized carbons (Fsp3) is 0.130. The van der Waals surface area contributed by atoms with Crippen LogP contribution in [0.15, 0.2) is 65.8 Å². The van der Waals surface area contributed by atoms with Crippen molar-refractivity contribution in [1.82, 2.24) is 5.43 Å². The fourth-order valence-corrected chi connectivity index (χ4v) is 3.28. The average Bonchev–Trinajstić information content (AvgIpc) is 2.75. The molecule has 0 heterocycles. The van der Waals surface area contributed by atoms with E-state index in [-0.39, 0.29) is 12.5 Å². The van der Waals surface area contributed by atoms with Crippen molar-refractivity contribution in [2.45, 2.75) is 13.5 Å². The van der Waals surface area contributed by atoms with Crippen LogP contribution in [-0.4, -0.2) is 18.7 Å². The first-order valence-electron chi connectivity index (χ1n) is 9.39. The molecule has 0 unspecified atom stereocenters. The summed E-state index contributed by atoms with van der Waals surface area (Å²) in [6.07, 6.45) is 1.47. The SMILES string of the molecule is CCOc1ccc(C(=O)N/N=C/c2cc(Cl)ccc2OCc2ccc(Cl)cc2Cl)cc1. The Hall–Kier alpha value is -2.73. The number of nitrogens with zero attached hydrogens (tertiary/aromatic N) is 1. The molecular formula is C23H19Cl3N2O3. The summed E-state index contributed by atoms with van der Waals surface area (Å²) in [5, 5.41) is 5.60. The molecule has 5 nitrogen and oxygen atoms in total. The van der Waals surface area contributed by atoms with E-state index in [1.807, 2.05) is 6.92 Å². The molecule has 0 aliphatic heterocycles. The van der Waals surface area contributed by atoms with Gasteiger partial charge in [0.25, 0.3) is 5.91 Å². The number of hydrogen-bond donors (Lipinski definition) is 1. The topological polar surface area (TPSA) is 59.9 Å². The zero-order valence-electron chi connectivity index (χ0n) is 16.6. The van der Waals surface area contributed by atoms with E-state index < -0.39 is 0 Å². The summed E-state index contributed by atoms with van der Waals surface area (Å²) in [5.41, 5.74) is 4.34. The number of hydrazone groups is 1. The minimum Gasteiger partial charge on any atom is -0.494 e. The Morgan fingerprint density at radius 2 is 1.68 bits per heavy atom. The lowest BCUT2D eigenvalue weighted by atomic mass is 10.2. The first kappa shape index (κ1) is 22.9. The number of ether oxygens (including phenoxy) is 2. The first-order chi connectivity index (χ1) is 15.0. The summed E-state index contributed by atoms with van der Waals surface area (Å²) in [4.78, 5) is 12.3. The maximum atomic E-state index is 12.3. The molecule has 160 valence electrons. The molecule has 3 rings (SSSR count). The van der Waals surface area contributed by atoms with Crippen LogP contribution in [0.5, 0.6) is 11.5 Å². The molecule has 0 radical (unpaired) electrons. The molecule has 0 aromatic heterocycles. The van der Waals surface area contributed by atoms with Gasteiger partial charge in [-0.1, -0.05) is 40.9 Å². The van der Waals surface area contributed by atoms with E-state index in [2.05, 4.69) is 10.5 Å². The second-order valence-corrected chi connectivity index (χ2v) is 7.64. The quantitative estimate of drug-likeness (QED) is 0.302. The van der Waals surface area contributed by atoms with E-state index >= 15 is 0 Å². The summed E-state index contributed by atoms with van der Waals surface area (Å²) in [6.45, 7) is 2.69. The number of hydrogen-bond acceptors (Lipinski definition) is 4. The minimum atomic E-state index is -0.350. The van der Waals surface area contributed by atoms with Crippen molar-refractivity contribution >= 4 is 46.9 Å². The Balaban J connectivity index is 1.67. The predicted octanol–water partition coefficient (Wildman–Crippen LogP) is 6.39. The van der Waals surface area contributed by atoms with Gasteiger partial charge in [-0.05, 0) is 61.5 Å². The van der Waals surface area contributed by atoms with Gasteiger partial charge in [0.1, 0.15) is 18.1 Å². The van der Waals surface area contributed by atoms with Gasteiger partial charge in [0.2, 0.25) is 0 Å². The van der Waals surface area contributed by atoms with E-state index in [0.717, 1.165) is 5.56 Å². The van der Waals surface area contributed by atoms with E-state index in [0.29, 0.717) is 44.3 Å². The summed E-state index contributed by atoms with van der Waals surface area (Å²) in [5.74, 6) is 0.885. The van der Waals surface area contributed by atoms with Gasteiger partial charge in [-0.3, -0.25) is 4.79 Å². The fourth-order valence-electron chi connectivity index (χ4n) is 2.64. The van der Waals surface area contributed by atoms with E-state index in [1.54, 1.807) is 60.7 Å². The van der Waals surface area contributed by atoms with Gasteiger partial charge in [0.05, 0.1) is 12.8 Å². The largest absolute Gasteiger partial charge is 0.494 e. The van der Waals surface area contributed by atoms with Crippen molar-refractivity contribution < 1.29 is 14.3 Å². The number of carbonyl (C=O) groups is 1. The van der Waals surface area contributed by atoms with Crippen molar-refractivity contribution in [3.05, 3.63) is 92.4 Å². The second-order valence-electron chi connectivity index (χ2n) is 6.36. The normalized spacial score (nSPS) is 10.8. The van der Waals surface area contributed by atoms with Crippen molar-refractivity contribution in [1.29, 1.82) is 0 Å². The Kier molecular flexibility index (Phi) is 8.18. The molecule has 1 amide bonds. The van der Waals surface area contributed by atoms with Crippen LogP contribution in [0.2, 0.25) is 15.1 Å². The molecule has 0 aliphatic carbocycles. The number of amides is 1. The van der Waals surface area contributed by atoms with Crippen molar-refractivity contribution in [3.63, 3.8) is 0 Å². The van der Waals surface area contributed by atoms with Gasteiger partial charge in [0.15, 0.2) is 0 Å². The van der Waals surface area contributed by atoms with E-state index in [1.165, 1.54) is 6.21 Å². The van der Waals surface area contributed by atoms with Gasteiger partial charge >= 0.3 is 0 Å². The number of rotatable bonds is 8. The Labute approximate surface area is 195 Å². The third-order valence-corrected chi connectivity index (χ3v) is 4.99. The zero-order chi connectivity index (χ0) is 22.2. The molecule has 0 saturated carbocycles. The van der Waals surface area contributed by atoms with Crippen LogP contribution in [0.3, 0.4) is 0 Å². The van der Waals surface area contributed by atoms with Gasteiger partial charge in [-0.15, -0.1) is 0 Å². The monoisotopic (exact) mass is 476 g/mol. The molecule has 8 heteroatoms. The highest BCUT2D eigenvalue weighted by atomic mass is 35.5. The van der Waals surface area contributed by atoms with E-state index in [9.17, 15) is 4.79 Å². The molecule has 0 bridgehead atoms. The average molecular weight is 478 g/mol. The van der Waals surface area contributed by atoms with Crippen molar-refractivity contribution in [2.24, 2.45) is 5.10 Å². The molecular weight excluding hydrogens is 459 g/mol. The highest BCUT2D eigenvalue weighted by Crippen LogP contribution is 2.25. The Morgan fingerprint density at radius 3 is 2.39 bits per heavy atom. The number of halogens is 3. The molecule has 0 atom stereocenters. The van der Waals surface area contributed by atoms with E-state index in [4.69, 9.17) is 44.3 Å². The number of nitrogens with one attached hydrogen (secondary N) is 1. The first-order valence-corrected chi connectivity index (χ1v) is 10.5. The highest BCUT2D eigenvalue weighted by Gasteiger charge is 2.08. The second kappa shape index (κ2) is 11.0. The molecule has 0 saturated heterocycles. The Morgan fingerprint density at radius 1 is 0.968 bits per heavy atom. The van der Waals surface area contributed by atoms with Gasteiger partial charge in [0, 0.05) is 31.8 Å². The molecule has 3 aromatic rings. The third kappa shape index (κ3) is 6.62. The van der Waals surface area contributed by atoms with Gasteiger partial charge in [-0.2, -0.15) is 5.10 Å². The summed E-state index contributed by atoms with van der Waals surface area (Å²) >= 11 is 18.2. The summed E-state index contributed by atoms with van der Waals surface area (Å²) in [6, 6.07) is 17.1. The molecule has 0 aliphatic rings. The van der Waals surface area contributed by atoms with Gasteiger partial charge in [-0.25, -0.2) is 5.43 Å². The van der Waals surface area contributed by atoms with Crippen molar-refractivity contribution in [3.8, 4) is 11.5 Å². The zero-order valence-corrected chi connectivity index (χ0v) is 18.8. The molecule has 3 aromatic carbocycles. The Bertz CT molecular complexity index is 1090. The van der Waals surface area contributed by atoms with Crippen LogP contribution in [0, 0.1) is 0 Å². The smallest absolute Gasteiger partial charge is 0.271 e. The number of benzene rings is 3. The molecule has 1 N–H and O–H groups in total. The maximum absolute atomic E-state index is 12.3. The predicted molar refractivity (Wildman–Crippen MR) is 125 cm³/mol. The van der Waals surface area contributed by atoms with Gasteiger partial charge < -0.3 is 9.47 Å². The van der Waals surface area contributed by atoms with Crippen LogP contribution in [0.1, 0.15) is 28.4 Å². The lowest BCUT2D eigenvalue weighted by molar-refractivity contribution is 0.0955. The lowest BCUT2D eigenvalue weighted by Crippen LogP contribution is -2.17. The lowest BCUT2D eigenvalue weighted by Gasteiger charge is -2.11. The maximum Gasteiger partial charge on any atom is 0.271 e. The van der Waals surface area contributed by atoms with Crippen LogP contribution in [0.25, 0.3) is 0 Å². The number of carbonyl (C=O) groups excluding carboxylic acids is 1. The van der Waals surface area contributed by atoms with Crippen molar-refractivity contribution in [2.75, 3.05) is 6.61 Å². The van der Waals surface area contributed by atoms with Crippen LogP contribution in [0.4, 0.5) is 0 Å². The standard InChI is InChI=1S/C23H19Cl3N2O3/c1-2-30-20-8-4-15(5-9-20)23(29)28-27-13-17-11-18(24)7-10-22(17)31-14-16-3-6-19(25)12-21(16)26/h3-13H,2,14H2,1H3,(H,28,29)/b27-13+. The van der Waals surface area contributed by atoms with Crippen LogP contribution >= 0.6 is 34.8 Å².